The van der Waals surface area contributed by atoms with Gasteiger partial charge in [0.1, 0.15) is 0 Å². The Kier molecular flexibility index (Phi) is 6.30. The number of nitrogens with one attached hydrogen (secondary N) is 1. The lowest BCUT2D eigenvalue weighted by Crippen LogP contribution is -2.32. The summed E-state index contributed by atoms with van der Waals surface area (Å²) in [6, 6.07) is 8.29. The Morgan fingerprint density at radius 3 is 2.90 bits per heavy atom. The number of hydrogen-bond donors (Lipinski definition) is 1. The second-order valence-corrected chi connectivity index (χ2v) is 6.10. The van der Waals surface area contributed by atoms with Crippen LogP contribution in [0.4, 0.5) is 0 Å². The second kappa shape index (κ2) is 7.99. The van der Waals surface area contributed by atoms with Crippen LogP contribution in [-0.2, 0) is 16.1 Å². The molecule has 0 amide bonds. The SMILES string of the molecule is CC(C)NCC1CCC(COCc2cccc(Cl)c2)O1. The highest BCUT2D eigenvalue weighted by atomic mass is 35.5. The molecule has 1 aliphatic rings. The third-order valence-corrected chi connectivity index (χ3v) is 3.65. The summed E-state index contributed by atoms with van der Waals surface area (Å²) in [7, 11) is 0. The van der Waals surface area contributed by atoms with E-state index in [2.05, 4.69) is 19.2 Å². The number of benzene rings is 1. The molecular weight excluding hydrogens is 274 g/mol. The molecule has 0 radical (unpaired) electrons. The third kappa shape index (κ3) is 5.41. The smallest absolute Gasteiger partial charge is 0.0814 e. The molecule has 1 aromatic carbocycles. The molecule has 1 N–H and O–H groups in total. The standard InChI is InChI=1S/C16H24ClNO2/c1-12(2)18-9-15-6-7-16(20-15)11-19-10-13-4-3-5-14(17)8-13/h3-5,8,12,15-16,18H,6-7,9-11H2,1-2H3. The normalized spacial score (nSPS) is 22.6. The molecule has 0 aliphatic carbocycles. The zero-order chi connectivity index (χ0) is 14.4. The van der Waals surface area contributed by atoms with Gasteiger partial charge < -0.3 is 14.8 Å². The van der Waals surface area contributed by atoms with Gasteiger partial charge in [-0.3, -0.25) is 0 Å². The van der Waals surface area contributed by atoms with Crippen LogP contribution in [0.2, 0.25) is 5.02 Å². The lowest BCUT2D eigenvalue weighted by molar-refractivity contribution is -0.0194. The van der Waals surface area contributed by atoms with Crippen molar-refractivity contribution in [1.82, 2.24) is 5.32 Å². The number of hydrogen-bond acceptors (Lipinski definition) is 3. The second-order valence-electron chi connectivity index (χ2n) is 5.67. The first-order valence-corrected chi connectivity index (χ1v) is 7.72. The molecule has 1 aliphatic heterocycles. The van der Waals surface area contributed by atoms with Crippen LogP contribution in [0.1, 0.15) is 32.3 Å². The van der Waals surface area contributed by atoms with Crippen LogP contribution >= 0.6 is 11.6 Å². The van der Waals surface area contributed by atoms with Crippen LogP contribution in [0, 0.1) is 0 Å². The van der Waals surface area contributed by atoms with Gasteiger partial charge in [0.05, 0.1) is 25.4 Å². The summed E-state index contributed by atoms with van der Waals surface area (Å²) in [6.45, 7) is 6.49. The van der Waals surface area contributed by atoms with Crippen molar-refractivity contribution in [1.29, 1.82) is 0 Å². The van der Waals surface area contributed by atoms with Crippen molar-refractivity contribution in [3.05, 3.63) is 34.9 Å². The van der Waals surface area contributed by atoms with Gasteiger partial charge in [-0.15, -0.1) is 0 Å². The van der Waals surface area contributed by atoms with Gasteiger partial charge in [-0.2, -0.15) is 0 Å². The van der Waals surface area contributed by atoms with E-state index >= 15 is 0 Å². The van der Waals surface area contributed by atoms with Crippen molar-refractivity contribution in [3.63, 3.8) is 0 Å². The molecule has 0 saturated carbocycles. The van der Waals surface area contributed by atoms with E-state index in [4.69, 9.17) is 21.1 Å². The van der Waals surface area contributed by atoms with Crippen LogP contribution < -0.4 is 5.32 Å². The predicted molar refractivity (Wildman–Crippen MR) is 82.1 cm³/mol. The van der Waals surface area contributed by atoms with Crippen molar-refractivity contribution in [2.24, 2.45) is 0 Å². The molecule has 3 nitrogen and oxygen atoms in total. The highest BCUT2D eigenvalue weighted by molar-refractivity contribution is 6.30. The summed E-state index contributed by atoms with van der Waals surface area (Å²) < 4.78 is 11.7. The van der Waals surface area contributed by atoms with Crippen molar-refractivity contribution < 1.29 is 9.47 Å². The Morgan fingerprint density at radius 2 is 2.15 bits per heavy atom. The van der Waals surface area contributed by atoms with Crippen molar-refractivity contribution in [2.45, 2.75) is 51.5 Å². The van der Waals surface area contributed by atoms with Gasteiger partial charge in [0.25, 0.3) is 0 Å². The third-order valence-electron chi connectivity index (χ3n) is 3.41. The van der Waals surface area contributed by atoms with Crippen LogP contribution in [-0.4, -0.2) is 31.4 Å². The van der Waals surface area contributed by atoms with Gasteiger partial charge in [0.15, 0.2) is 0 Å². The van der Waals surface area contributed by atoms with Crippen LogP contribution in [0.25, 0.3) is 0 Å². The molecule has 1 heterocycles. The molecule has 2 unspecified atom stereocenters. The fraction of sp³-hybridized carbons (Fsp3) is 0.625. The zero-order valence-corrected chi connectivity index (χ0v) is 13.0. The summed E-state index contributed by atoms with van der Waals surface area (Å²) >= 11 is 5.94. The molecule has 2 atom stereocenters. The summed E-state index contributed by atoms with van der Waals surface area (Å²) in [6.07, 6.45) is 2.76. The molecule has 1 aromatic rings. The summed E-state index contributed by atoms with van der Waals surface area (Å²) in [5, 5.41) is 4.17. The fourth-order valence-corrected chi connectivity index (χ4v) is 2.57. The Labute approximate surface area is 126 Å². The minimum atomic E-state index is 0.230. The van der Waals surface area contributed by atoms with E-state index in [0.717, 1.165) is 30.0 Å². The van der Waals surface area contributed by atoms with Gasteiger partial charge in [-0.1, -0.05) is 37.6 Å². The molecule has 0 spiro atoms. The fourth-order valence-electron chi connectivity index (χ4n) is 2.35. The van der Waals surface area contributed by atoms with Crippen LogP contribution in [0.15, 0.2) is 24.3 Å². The average Bonchev–Trinajstić information content (AvgIpc) is 2.84. The van der Waals surface area contributed by atoms with Crippen LogP contribution in [0.3, 0.4) is 0 Å². The maximum absolute atomic E-state index is 5.96. The minimum absolute atomic E-state index is 0.230. The summed E-state index contributed by atoms with van der Waals surface area (Å²) in [5.74, 6) is 0. The van der Waals surface area contributed by atoms with E-state index in [1.165, 1.54) is 0 Å². The molecule has 112 valence electrons. The van der Waals surface area contributed by atoms with E-state index in [0.29, 0.717) is 25.4 Å². The molecule has 0 aromatic heterocycles. The van der Waals surface area contributed by atoms with Crippen molar-refractivity contribution in [3.8, 4) is 0 Å². The van der Waals surface area contributed by atoms with Crippen molar-refractivity contribution >= 4 is 11.6 Å². The topological polar surface area (TPSA) is 30.5 Å². The lowest BCUT2D eigenvalue weighted by Gasteiger charge is -2.16. The molecular formula is C16H24ClNO2. The number of halogens is 1. The van der Waals surface area contributed by atoms with E-state index < -0.39 is 0 Å². The molecule has 1 saturated heterocycles. The van der Waals surface area contributed by atoms with Crippen LogP contribution in [0.5, 0.6) is 0 Å². The first kappa shape index (κ1) is 15.8. The molecule has 4 heteroatoms. The summed E-state index contributed by atoms with van der Waals surface area (Å²) in [5.41, 5.74) is 1.11. The molecule has 20 heavy (non-hydrogen) atoms. The zero-order valence-electron chi connectivity index (χ0n) is 12.3. The largest absolute Gasteiger partial charge is 0.374 e. The van der Waals surface area contributed by atoms with Gasteiger partial charge in [-0.25, -0.2) is 0 Å². The molecule has 2 rings (SSSR count). The summed E-state index contributed by atoms with van der Waals surface area (Å²) in [4.78, 5) is 0. The Balaban J connectivity index is 1.63. The van der Waals surface area contributed by atoms with E-state index in [1.54, 1.807) is 0 Å². The highest BCUT2D eigenvalue weighted by Crippen LogP contribution is 2.20. The Hall–Kier alpha value is -0.610. The number of rotatable bonds is 7. The monoisotopic (exact) mass is 297 g/mol. The highest BCUT2D eigenvalue weighted by Gasteiger charge is 2.25. The van der Waals surface area contributed by atoms with Gasteiger partial charge in [-0.05, 0) is 30.5 Å². The Bertz CT molecular complexity index is 411. The van der Waals surface area contributed by atoms with E-state index in [9.17, 15) is 0 Å². The van der Waals surface area contributed by atoms with Crippen molar-refractivity contribution in [2.75, 3.05) is 13.2 Å². The van der Waals surface area contributed by atoms with E-state index in [-0.39, 0.29) is 6.10 Å². The first-order valence-electron chi connectivity index (χ1n) is 7.34. The van der Waals surface area contributed by atoms with E-state index in [1.807, 2.05) is 24.3 Å². The quantitative estimate of drug-likeness (QED) is 0.837. The molecule has 1 fully saturated rings. The average molecular weight is 298 g/mol. The molecule has 0 bridgehead atoms. The maximum atomic E-state index is 5.96. The van der Waals surface area contributed by atoms with Gasteiger partial charge in [0, 0.05) is 17.6 Å². The first-order chi connectivity index (χ1) is 9.63. The van der Waals surface area contributed by atoms with Gasteiger partial charge in [0.2, 0.25) is 0 Å². The lowest BCUT2D eigenvalue weighted by atomic mass is 10.2. The Morgan fingerprint density at radius 1 is 1.35 bits per heavy atom. The van der Waals surface area contributed by atoms with Gasteiger partial charge >= 0.3 is 0 Å². The maximum Gasteiger partial charge on any atom is 0.0814 e. The number of ether oxygens (including phenoxy) is 2. The predicted octanol–water partition coefficient (Wildman–Crippen LogP) is 3.40. The minimum Gasteiger partial charge on any atom is -0.374 e.